The van der Waals surface area contributed by atoms with Gasteiger partial charge in [0.1, 0.15) is 11.2 Å². The molecule has 0 bridgehead atoms. The van der Waals surface area contributed by atoms with Gasteiger partial charge in [0.05, 0.1) is 5.69 Å². The fourth-order valence-corrected chi connectivity index (χ4v) is 10.1. The first-order valence-corrected chi connectivity index (χ1v) is 19.4. The summed E-state index contributed by atoms with van der Waals surface area (Å²) in [6.07, 6.45) is 0. The molecule has 0 unspecified atom stereocenters. The molecular weight excluding hydrogens is 675 g/mol. The van der Waals surface area contributed by atoms with E-state index in [1.807, 2.05) is 11.3 Å². The van der Waals surface area contributed by atoms with E-state index < -0.39 is 0 Å². The third-order valence-corrected chi connectivity index (χ3v) is 12.6. The van der Waals surface area contributed by atoms with Crippen LogP contribution in [0.4, 0.5) is 17.1 Å². The molecule has 8 aromatic carbocycles. The lowest BCUT2D eigenvalue weighted by Crippen LogP contribution is -2.17. The number of thiophene rings is 1. The molecule has 11 rings (SSSR count). The SMILES string of the molecule is CC1(C)c2ccccc2-c2ccc(N(c3ccc4c(c3)sc3ccccc34)c3ccc4oc5ccccc5c4c3-c3ccccc3-c3ccccc3)cc21. The van der Waals surface area contributed by atoms with E-state index in [0.717, 1.165) is 50.1 Å². The quantitative estimate of drug-likeness (QED) is 0.177. The van der Waals surface area contributed by atoms with E-state index >= 15 is 0 Å². The highest BCUT2D eigenvalue weighted by Gasteiger charge is 2.36. The van der Waals surface area contributed by atoms with Crippen molar-refractivity contribution >= 4 is 70.5 Å². The normalized spacial score (nSPS) is 13.1. The molecule has 0 aliphatic heterocycles. The molecule has 0 saturated heterocycles. The maximum Gasteiger partial charge on any atom is 0.136 e. The Morgan fingerprint density at radius 1 is 0.463 bits per heavy atom. The lowest BCUT2D eigenvalue weighted by molar-refractivity contribution is 0.660. The Bertz CT molecular complexity index is 3090. The third-order valence-electron chi connectivity index (χ3n) is 11.5. The number of nitrogens with zero attached hydrogens (tertiary/aromatic N) is 1. The zero-order chi connectivity index (χ0) is 36.0. The van der Waals surface area contributed by atoms with Crippen LogP contribution in [0.15, 0.2) is 180 Å². The number of fused-ring (bicyclic) bond motifs is 9. The topological polar surface area (TPSA) is 16.4 Å². The second kappa shape index (κ2) is 11.8. The van der Waals surface area contributed by atoms with Gasteiger partial charge in [0.2, 0.25) is 0 Å². The minimum Gasteiger partial charge on any atom is -0.456 e. The first-order chi connectivity index (χ1) is 26.5. The fraction of sp³-hybridized carbons (Fsp3) is 0.0588. The van der Waals surface area contributed by atoms with Crippen LogP contribution in [0.25, 0.3) is 75.5 Å². The molecule has 256 valence electrons. The summed E-state index contributed by atoms with van der Waals surface area (Å²) < 4.78 is 9.18. The van der Waals surface area contributed by atoms with Crippen molar-refractivity contribution in [1.82, 2.24) is 0 Å². The summed E-state index contributed by atoms with van der Waals surface area (Å²) in [5.41, 5.74) is 15.0. The molecule has 1 aliphatic carbocycles. The number of hydrogen-bond acceptors (Lipinski definition) is 3. The van der Waals surface area contributed by atoms with E-state index in [-0.39, 0.29) is 5.41 Å². The minimum atomic E-state index is -0.142. The molecule has 10 aromatic rings. The maximum absolute atomic E-state index is 6.60. The van der Waals surface area contributed by atoms with Crippen molar-refractivity contribution in [1.29, 1.82) is 0 Å². The van der Waals surface area contributed by atoms with Crippen LogP contribution in [0.5, 0.6) is 0 Å². The van der Waals surface area contributed by atoms with Gasteiger partial charge >= 0.3 is 0 Å². The van der Waals surface area contributed by atoms with Gasteiger partial charge in [0.15, 0.2) is 0 Å². The summed E-state index contributed by atoms with van der Waals surface area (Å²) in [5, 5.41) is 4.82. The number of benzene rings is 8. The van der Waals surface area contributed by atoms with E-state index in [9.17, 15) is 0 Å². The minimum absolute atomic E-state index is 0.142. The van der Waals surface area contributed by atoms with Crippen LogP contribution in [0, 0.1) is 0 Å². The largest absolute Gasteiger partial charge is 0.456 e. The van der Waals surface area contributed by atoms with Crippen molar-refractivity contribution in [2.75, 3.05) is 4.90 Å². The molecule has 54 heavy (non-hydrogen) atoms. The second-order valence-electron chi connectivity index (χ2n) is 14.9. The molecule has 2 nitrogen and oxygen atoms in total. The summed E-state index contributed by atoms with van der Waals surface area (Å²) in [4.78, 5) is 2.49. The highest BCUT2D eigenvalue weighted by molar-refractivity contribution is 7.25. The van der Waals surface area contributed by atoms with Crippen LogP contribution in [-0.4, -0.2) is 0 Å². The first-order valence-electron chi connectivity index (χ1n) is 18.6. The Morgan fingerprint density at radius 3 is 1.98 bits per heavy atom. The number of hydrogen-bond donors (Lipinski definition) is 0. The standard InChI is InChI=1S/C51H35NOS/c1-51(2)42-21-11-8-17-36(42)37-26-24-33(30-43(37)51)52(34-25-27-39-38-18-10-13-23-47(38)54-48(39)31-34)44-28-29-46-50(41-20-9-12-22-45(41)53-46)49(44)40-19-7-6-16-35(40)32-14-4-3-5-15-32/h3-31H,1-2H3. The summed E-state index contributed by atoms with van der Waals surface area (Å²) in [7, 11) is 0. The second-order valence-corrected chi connectivity index (χ2v) is 15.9. The van der Waals surface area contributed by atoms with Crippen LogP contribution in [0.2, 0.25) is 0 Å². The number of furan rings is 1. The van der Waals surface area contributed by atoms with Crippen LogP contribution in [0.1, 0.15) is 25.0 Å². The van der Waals surface area contributed by atoms with Crippen molar-refractivity contribution in [3.63, 3.8) is 0 Å². The summed E-state index contributed by atoms with van der Waals surface area (Å²) in [6, 6.07) is 64.2. The van der Waals surface area contributed by atoms with Gasteiger partial charge in [-0.3, -0.25) is 0 Å². The van der Waals surface area contributed by atoms with Crippen molar-refractivity contribution in [2.24, 2.45) is 0 Å². The Labute approximate surface area is 318 Å². The van der Waals surface area contributed by atoms with E-state index in [1.165, 1.54) is 53.6 Å². The van der Waals surface area contributed by atoms with E-state index in [0.29, 0.717) is 0 Å². The number of para-hydroxylation sites is 1. The average molecular weight is 710 g/mol. The van der Waals surface area contributed by atoms with Crippen LogP contribution < -0.4 is 4.90 Å². The van der Waals surface area contributed by atoms with Crippen LogP contribution in [0.3, 0.4) is 0 Å². The first kappa shape index (κ1) is 31.1. The molecular formula is C51H35NOS. The molecule has 0 amide bonds. The van der Waals surface area contributed by atoms with Gasteiger partial charge in [-0.05, 0) is 87.5 Å². The summed E-state index contributed by atoms with van der Waals surface area (Å²) in [6.45, 7) is 4.72. The highest BCUT2D eigenvalue weighted by Crippen LogP contribution is 2.53. The van der Waals surface area contributed by atoms with E-state index in [4.69, 9.17) is 4.42 Å². The van der Waals surface area contributed by atoms with E-state index in [2.05, 4.69) is 195 Å². The molecule has 1 aliphatic rings. The molecule has 2 heterocycles. The highest BCUT2D eigenvalue weighted by atomic mass is 32.1. The average Bonchev–Trinajstić information content (AvgIpc) is 3.86. The Balaban J connectivity index is 1.24. The molecule has 3 heteroatoms. The lowest BCUT2D eigenvalue weighted by Gasteiger charge is -2.30. The molecule has 0 fully saturated rings. The third kappa shape index (κ3) is 4.58. The molecule has 0 N–H and O–H groups in total. The van der Waals surface area contributed by atoms with Crippen molar-refractivity contribution in [2.45, 2.75) is 19.3 Å². The predicted molar refractivity (Wildman–Crippen MR) is 230 cm³/mol. The Morgan fingerprint density at radius 2 is 1.11 bits per heavy atom. The summed E-state index contributed by atoms with van der Waals surface area (Å²) >= 11 is 1.86. The van der Waals surface area contributed by atoms with E-state index in [1.54, 1.807) is 0 Å². The molecule has 2 aromatic heterocycles. The van der Waals surface area contributed by atoms with Crippen LogP contribution >= 0.6 is 11.3 Å². The van der Waals surface area contributed by atoms with Gasteiger partial charge < -0.3 is 9.32 Å². The van der Waals surface area contributed by atoms with Gasteiger partial charge in [-0.1, -0.05) is 141 Å². The molecule has 0 radical (unpaired) electrons. The monoisotopic (exact) mass is 709 g/mol. The molecule has 0 saturated carbocycles. The predicted octanol–water partition coefficient (Wildman–Crippen LogP) is 15.1. The van der Waals surface area contributed by atoms with Crippen molar-refractivity contribution in [3.8, 4) is 33.4 Å². The number of anilines is 3. The maximum atomic E-state index is 6.60. The van der Waals surface area contributed by atoms with Gasteiger partial charge in [0, 0.05) is 53.3 Å². The molecule has 0 spiro atoms. The van der Waals surface area contributed by atoms with Crippen molar-refractivity contribution < 1.29 is 4.42 Å². The summed E-state index contributed by atoms with van der Waals surface area (Å²) in [5.74, 6) is 0. The zero-order valence-electron chi connectivity index (χ0n) is 30.0. The van der Waals surface area contributed by atoms with Gasteiger partial charge in [-0.15, -0.1) is 11.3 Å². The van der Waals surface area contributed by atoms with Crippen molar-refractivity contribution in [3.05, 3.63) is 187 Å². The lowest BCUT2D eigenvalue weighted by atomic mass is 9.82. The smallest absolute Gasteiger partial charge is 0.136 e. The Kier molecular flexibility index (Phi) is 6.80. The van der Waals surface area contributed by atoms with Gasteiger partial charge in [0.25, 0.3) is 0 Å². The number of rotatable bonds is 5. The van der Waals surface area contributed by atoms with Crippen LogP contribution in [-0.2, 0) is 5.41 Å². The van der Waals surface area contributed by atoms with Gasteiger partial charge in [-0.25, -0.2) is 0 Å². The molecule has 0 atom stereocenters. The zero-order valence-corrected chi connectivity index (χ0v) is 30.8. The van der Waals surface area contributed by atoms with Gasteiger partial charge in [-0.2, -0.15) is 0 Å². The Hall–Kier alpha value is -6.42. The fourth-order valence-electron chi connectivity index (χ4n) is 8.95.